The number of hydrogen-bond donors (Lipinski definition) is 2. The van der Waals surface area contributed by atoms with E-state index in [0.29, 0.717) is 35.7 Å². The van der Waals surface area contributed by atoms with Crippen molar-refractivity contribution in [3.8, 4) is 0 Å². The molecule has 7 heteroatoms. The first-order valence-electron chi connectivity index (χ1n) is 8.60. The topological polar surface area (TPSA) is 97.8 Å². The number of rotatable bonds is 4. The molecule has 0 spiro atoms. The number of benzene rings is 1. The lowest BCUT2D eigenvalue weighted by molar-refractivity contribution is -0.0586. The summed E-state index contributed by atoms with van der Waals surface area (Å²) >= 11 is 0. The summed E-state index contributed by atoms with van der Waals surface area (Å²) in [6.07, 6.45) is 1.42. The summed E-state index contributed by atoms with van der Waals surface area (Å²) in [5.41, 5.74) is 7.06. The Labute approximate surface area is 152 Å². The Bertz CT molecular complexity index is 774. The minimum absolute atomic E-state index is 0.0228. The van der Waals surface area contributed by atoms with Crippen LogP contribution in [0.15, 0.2) is 41.0 Å². The van der Waals surface area contributed by atoms with Crippen LogP contribution in [-0.2, 0) is 11.3 Å². The van der Waals surface area contributed by atoms with Crippen LogP contribution in [0.4, 0.5) is 5.69 Å². The Morgan fingerprint density at radius 3 is 2.38 bits per heavy atom. The van der Waals surface area contributed by atoms with Crippen LogP contribution in [0, 0.1) is 0 Å². The van der Waals surface area contributed by atoms with Gasteiger partial charge in [-0.05, 0) is 44.2 Å². The second-order valence-corrected chi connectivity index (χ2v) is 6.50. The van der Waals surface area contributed by atoms with Crippen LogP contribution in [-0.4, -0.2) is 42.0 Å². The summed E-state index contributed by atoms with van der Waals surface area (Å²) in [6.45, 7) is 5.31. The minimum atomic E-state index is -0.289. The summed E-state index contributed by atoms with van der Waals surface area (Å²) < 4.78 is 10.8. The van der Waals surface area contributed by atoms with E-state index in [0.717, 1.165) is 0 Å². The summed E-state index contributed by atoms with van der Waals surface area (Å²) in [5, 5.41) is 2.77. The van der Waals surface area contributed by atoms with Crippen LogP contribution in [0.3, 0.4) is 0 Å². The zero-order valence-electron chi connectivity index (χ0n) is 14.9. The van der Waals surface area contributed by atoms with Gasteiger partial charge in [-0.25, -0.2) is 0 Å². The number of nitrogens with two attached hydrogens (primary N) is 1. The van der Waals surface area contributed by atoms with E-state index in [1.807, 2.05) is 13.8 Å². The van der Waals surface area contributed by atoms with Crippen molar-refractivity contribution in [2.24, 2.45) is 5.73 Å². The highest BCUT2D eigenvalue weighted by Gasteiger charge is 2.26. The molecule has 26 heavy (non-hydrogen) atoms. The highest BCUT2D eigenvalue weighted by Crippen LogP contribution is 2.17. The molecule has 1 fully saturated rings. The molecule has 2 unspecified atom stereocenters. The number of ether oxygens (including phenoxy) is 1. The highest BCUT2D eigenvalue weighted by atomic mass is 16.5. The van der Waals surface area contributed by atoms with Gasteiger partial charge in [0.15, 0.2) is 0 Å². The predicted molar refractivity (Wildman–Crippen MR) is 96.9 cm³/mol. The Morgan fingerprint density at radius 1 is 1.15 bits per heavy atom. The van der Waals surface area contributed by atoms with Crippen molar-refractivity contribution in [2.45, 2.75) is 32.6 Å². The standard InChI is InChI=1S/C19H23N3O4/c1-12-9-22(10-13(2)26-12)19(24)14-3-5-16(6-4-14)21-18(23)15-7-17(8-20)25-11-15/h3-7,11-13H,8-10,20H2,1-2H3,(H,21,23). The number of carbonyl (C=O) groups is 2. The molecule has 2 atom stereocenters. The fourth-order valence-corrected chi connectivity index (χ4v) is 3.03. The van der Waals surface area contributed by atoms with Gasteiger partial charge in [-0.15, -0.1) is 0 Å². The maximum Gasteiger partial charge on any atom is 0.258 e. The van der Waals surface area contributed by atoms with Crippen molar-refractivity contribution >= 4 is 17.5 Å². The van der Waals surface area contributed by atoms with Crippen LogP contribution in [0.25, 0.3) is 0 Å². The lowest BCUT2D eigenvalue weighted by atomic mass is 10.1. The van der Waals surface area contributed by atoms with Gasteiger partial charge in [0.05, 0.1) is 24.3 Å². The summed E-state index contributed by atoms with van der Waals surface area (Å²) in [7, 11) is 0. The molecule has 1 saturated heterocycles. The second kappa shape index (κ2) is 7.72. The van der Waals surface area contributed by atoms with E-state index in [2.05, 4.69) is 5.32 Å². The quantitative estimate of drug-likeness (QED) is 0.874. The van der Waals surface area contributed by atoms with Gasteiger partial charge in [-0.2, -0.15) is 0 Å². The van der Waals surface area contributed by atoms with E-state index in [9.17, 15) is 9.59 Å². The van der Waals surface area contributed by atoms with E-state index >= 15 is 0 Å². The van der Waals surface area contributed by atoms with Crippen LogP contribution in [0.1, 0.15) is 40.3 Å². The lowest BCUT2D eigenvalue weighted by Crippen LogP contribution is -2.48. The summed E-state index contributed by atoms with van der Waals surface area (Å²) in [6, 6.07) is 8.45. The third-order valence-electron chi connectivity index (χ3n) is 4.21. The number of carbonyl (C=O) groups excluding carboxylic acids is 2. The average Bonchev–Trinajstić information content (AvgIpc) is 3.10. The first kappa shape index (κ1) is 18.2. The van der Waals surface area contributed by atoms with Crippen LogP contribution < -0.4 is 11.1 Å². The Hall–Kier alpha value is -2.64. The predicted octanol–water partition coefficient (Wildman–Crippen LogP) is 2.24. The molecule has 2 amide bonds. The molecule has 1 aliphatic heterocycles. The average molecular weight is 357 g/mol. The molecule has 2 aromatic rings. The number of amides is 2. The molecular weight excluding hydrogens is 334 g/mol. The largest absolute Gasteiger partial charge is 0.467 e. The molecule has 0 bridgehead atoms. The SMILES string of the molecule is CC1CN(C(=O)c2ccc(NC(=O)c3coc(CN)c3)cc2)CC(C)O1. The van der Waals surface area contributed by atoms with Crippen molar-refractivity contribution in [1.82, 2.24) is 4.90 Å². The second-order valence-electron chi connectivity index (χ2n) is 6.50. The summed E-state index contributed by atoms with van der Waals surface area (Å²) in [5.74, 6) is 0.223. The number of nitrogens with zero attached hydrogens (tertiary/aromatic N) is 1. The molecule has 3 rings (SSSR count). The molecule has 2 heterocycles. The number of nitrogens with one attached hydrogen (secondary N) is 1. The zero-order chi connectivity index (χ0) is 18.7. The van der Waals surface area contributed by atoms with Crippen LogP contribution in [0.5, 0.6) is 0 Å². The van der Waals surface area contributed by atoms with Crippen LogP contribution >= 0.6 is 0 Å². The van der Waals surface area contributed by atoms with Crippen molar-refractivity contribution in [3.05, 3.63) is 53.5 Å². The molecule has 7 nitrogen and oxygen atoms in total. The van der Waals surface area contributed by atoms with Gasteiger partial charge in [0.25, 0.3) is 11.8 Å². The summed E-state index contributed by atoms with van der Waals surface area (Å²) in [4.78, 5) is 26.6. The van der Waals surface area contributed by atoms with Crippen molar-refractivity contribution < 1.29 is 18.7 Å². The highest BCUT2D eigenvalue weighted by molar-refractivity contribution is 6.04. The first-order chi connectivity index (χ1) is 12.5. The first-order valence-corrected chi connectivity index (χ1v) is 8.60. The number of furan rings is 1. The fourth-order valence-electron chi connectivity index (χ4n) is 3.03. The van der Waals surface area contributed by atoms with Crippen molar-refractivity contribution in [3.63, 3.8) is 0 Å². The maximum atomic E-state index is 12.6. The maximum absolute atomic E-state index is 12.6. The van der Waals surface area contributed by atoms with E-state index in [1.54, 1.807) is 35.2 Å². The van der Waals surface area contributed by atoms with Gasteiger partial charge >= 0.3 is 0 Å². The third-order valence-corrected chi connectivity index (χ3v) is 4.21. The third kappa shape index (κ3) is 4.12. The van der Waals surface area contributed by atoms with E-state index in [1.165, 1.54) is 6.26 Å². The Morgan fingerprint density at radius 2 is 1.81 bits per heavy atom. The smallest absolute Gasteiger partial charge is 0.258 e. The van der Waals surface area contributed by atoms with Gasteiger partial charge in [0.1, 0.15) is 12.0 Å². The van der Waals surface area contributed by atoms with Crippen molar-refractivity contribution in [1.29, 1.82) is 0 Å². The molecule has 1 aliphatic rings. The number of morpholine rings is 1. The van der Waals surface area contributed by atoms with E-state index in [4.69, 9.17) is 14.9 Å². The molecule has 0 saturated carbocycles. The van der Waals surface area contributed by atoms with E-state index < -0.39 is 0 Å². The monoisotopic (exact) mass is 357 g/mol. The van der Waals surface area contributed by atoms with Gasteiger partial charge < -0.3 is 25.1 Å². The molecule has 3 N–H and O–H groups in total. The zero-order valence-corrected chi connectivity index (χ0v) is 14.9. The fraction of sp³-hybridized carbons (Fsp3) is 0.368. The van der Waals surface area contributed by atoms with Gasteiger partial charge in [-0.3, -0.25) is 9.59 Å². The van der Waals surface area contributed by atoms with Crippen LogP contribution in [0.2, 0.25) is 0 Å². The van der Waals surface area contributed by atoms with E-state index in [-0.39, 0.29) is 30.6 Å². The van der Waals surface area contributed by atoms with Gasteiger partial charge in [-0.1, -0.05) is 0 Å². The molecule has 0 aliphatic carbocycles. The van der Waals surface area contributed by atoms with Gasteiger partial charge in [0, 0.05) is 24.3 Å². The lowest BCUT2D eigenvalue weighted by Gasteiger charge is -2.35. The minimum Gasteiger partial charge on any atom is -0.467 e. The Balaban J connectivity index is 1.64. The number of hydrogen-bond acceptors (Lipinski definition) is 5. The van der Waals surface area contributed by atoms with Gasteiger partial charge in [0.2, 0.25) is 0 Å². The molecule has 138 valence electrons. The normalized spacial score (nSPS) is 20.0. The molecule has 1 aromatic heterocycles. The Kier molecular flexibility index (Phi) is 5.39. The molecular formula is C19H23N3O4. The molecule has 1 aromatic carbocycles. The molecule has 0 radical (unpaired) electrons. The van der Waals surface area contributed by atoms with Crippen molar-refractivity contribution in [2.75, 3.05) is 18.4 Å². The number of anilines is 1.